The summed E-state index contributed by atoms with van der Waals surface area (Å²) in [4.78, 5) is 18.8. The molecule has 5 heteroatoms. The molecule has 1 amide bonds. The third-order valence-electron chi connectivity index (χ3n) is 3.89. The number of aromatic nitrogens is 1. The highest BCUT2D eigenvalue weighted by atomic mass is 32.2. The number of nitrogens with one attached hydrogen (secondary N) is 1. The minimum atomic E-state index is 0.0652. The largest absolute Gasteiger partial charge is 0.352 e. The van der Waals surface area contributed by atoms with Gasteiger partial charge >= 0.3 is 0 Å². The highest BCUT2D eigenvalue weighted by Crippen LogP contribution is 2.24. The Morgan fingerprint density at radius 1 is 1.16 bits per heavy atom. The lowest BCUT2D eigenvalue weighted by Crippen LogP contribution is -2.23. The average molecular weight is 369 g/mol. The molecular formula is C20H20N2OS2. The maximum atomic E-state index is 12.1. The number of benzene rings is 1. The second-order valence-corrected chi connectivity index (χ2v) is 7.51. The number of thiophene rings is 1. The normalized spacial score (nSPS) is 10.6. The van der Waals surface area contributed by atoms with E-state index in [-0.39, 0.29) is 5.91 Å². The minimum Gasteiger partial charge on any atom is -0.352 e. The number of amides is 1. The van der Waals surface area contributed by atoms with Gasteiger partial charge in [-0.2, -0.15) is 0 Å². The quantitative estimate of drug-likeness (QED) is 0.610. The van der Waals surface area contributed by atoms with Gasteiger partial charge < -0.3 is 5.32 Å². The van der Waals surface area contributed by atoms with Gasteiger partial charge in [0.15, 0.2) is 0 Å². The van der Waals surface area contributed by atoms with Crippen LogP contribution in [0.4, 0.5) is 0 Å². The first-order valence-electron chi connectivity index (χ1n) is 8.12. The molecule has 3 rings (SSSR count). The first-order valence-corrected chi connectivity index (χ1v) is 10.2. The molecule has 3 nitrogen and oxygen atoms in total. The van der Waals surface area contributed by atoms with Crippen LogP contribution < -0.4 is 5.32 Å². The molecule has 0 fully saturated rings. The summed E-state index contributed by atoms with van der Waals surface area (Å²) < 4.78 is 0. The second-order valence-electron chi connectivity index (χ2n) is 5.68. The van der Waals surface area contributed by atoms with Crippen molar-refractivity contribution in [2.45, 2.75) is 24.3 Å². The minimum absolute atomic E-state index is 0.0652. The molecule has 0 radical (unpaired) electrons. The molecule has 25 heavy (non-hydrogen) atoms. The Hall–Kier alpha value is -2.11. The number of nitrogens with zero attached hydrogens (tertiary/aromatic N) is 1. The Labute approximate surface area is 156 Å². The van der Waals surface area contributed by atoms with E-state index in [1.54, 1.807) is 29.3 Å². The van der Waals surface area contributed by atoms with Gasteiger partial charge in [-0.25, -0.2) is 0 Å². The highest BCUT2D eigenvalue weighted by molar-refractivity contribution is 7.98. The third-order valence-corrected chi connectivity index (χ3v) is 5.55. The zero-order valence-electron chi connectivity index (χ0n) is 14.1. The first kappa shape index (κ1) is 17.7. The molecule has 0 saturated heterocycles. The SMILES string of the molecule is CSc1ccc(CCC(=O)NCc2cncc(-c3cccs3)c2)cc1. The van der Waals surface area contributed by atoms with Gasteiger partial charge in [0, 0.05) is 40.7 Å². The fourth-order valence-electron chi connectivity index (χ4n) is 2.50. The molecule has 0 atom stereocenters. The Bertz CT molecular complexity index is 814. The summed E-state index contributed by atoms with van der Waals surface area (Å²) in [5, 5.41) is 5.04. The van der Waals surface area contributed by atoms with E-state index in [4.69, 9.17) is 0 Å². The van der Waals surface area contributed by atoms with Gasteiger partial charge in [-0.1, -0.05) is 18.2 Å². The van der Waals surface area contributed by atoms with Gasteiger partial charge in [0.2, 0.25) is 5.91 Å². The predicted octanol–water partition coefficient (Wildman–Crippen LogP) is 4.78. The molecule has 0 aliphatic rings. The van der Waals surface area contributed by atoms with E-state index in [1.807, 2.05) is 12.3 Å². The highest BCUT2D eigenvalue weighted by Gasteiger charge is 2.05. The van der Waals surface area contributed by atoms with Crippen molar-refractivity contribution in [3.05, 3.63) is 71.4 Å². The van der Waals surface area contributed by atoms with Crippen LogP contribution in [-0.2, 0) is 17.8 Å². The smallest absolute Gasteiger partial charge is 0.220 e. The van der Waals surface area contributed by atoms with E-state index >= 15 is 0 Å². The number of thioether (sulfide) groups is 1. The fourth-order valence-corrected chi connectivity index (χ4v) is 3.62. The van der Waals surface area contributed by atoms with Crippen molar-refractivity contribution in [3.8, 4) is 10.4 Å². The van der Waals surface area contributed by atoms with E-state index in [2.05, 4.69) is 58.3 Å². The summed E-state index contributed by atoms with van der Waals surface area (Å²) in [7, 11) is 0. The van der Waals surface area contributed by atoms with Crippen LogP contribution in [-0.4, -0.2) is 17.1 Å². The van der Waals surface area contributed by atoms with Crippen molar-refractivity contribution in [1.82, 2.24) is 10.3 Å². The zero-order valence-corrected chi connectivity index (χ0v) is 15.7. The Kier molecular flexibility index (Phi) is 6.25. The van der Waals surface area contributed by atoms with E-state index < -0.39 is 0 Å². The number of carbonyl (C=O) groups excluding carboxylic acids is 1. The molecular weight excluding hydrogens is 348 g/mol. The predicted molar refractivity (Wildman–Crippen MR) is 106 cm³/mol. The topological polar surface area (TPSA) is 42.0 Å². The van der Waals surface area contributed by atoms with Gasteiger partial charge in [-0.05, 0) is 53.4 Å². The maximum absolute atomic E-state index is 12.1. The van der Waals surface area contributed by atoms with Gasteiger partial charge in [-0.15, -0.1) is 23.1 Å². The molecule has 0 unspecified atom stereocenters. The van der Waals surface area contributed by atoms with Gasteiger partial charge in [-0.3, -0.25) is 9.78 Å². The molecule has 1 N–H and O–H groups in total. The standard InChI is InChI=1S/C20H20N2OS2/c1-24-18-7-4-15(5-8-18)6-9-20(23)22-13-16-11-17(14-21-12-16)19-3-2-10-25-19/h2-5,7-8,10-12,14H,6,9,13H2,1H3,(H,22,23). The number of aryl methyl sites for hydroxylation is 1. The number of pyridine rings is 1. The summed E-state index contributed by atoms with van der Waals surface area (Å²) in [6, 6.07) is 14.6. The van der Waals surface area contributed by atoms with Crippen molar-refractivity contribution in [1.29, 1.82) is 0 Å². The van der Waals surface area contributed by atoms with Crippen molar-refractivity contribution in [2.24, 2.45) is 0 Å². The van der Waals surface area contributed by atoms with Crippen molar-refractivity contribution in [3.63, 3.8) is 0 Å². The Morgan fingerprint density at radius 2 is 2.00 bits per heavy atom. The number of hydrogen-bond acceptors (Lipinski definition) is 4. The molecule has 0 saturated carbocycles. The molecule has 0 spiro atoms. The van der Waals surface area contributed by atoms with Crippen LogP contribution in [0.1, 0.15) is 17.5 Å². The van der Waals surface area contributed by atoms with Crippen LogP contribution in [0.2, 0.25) is 0 Å². The lowest BCUT2D eigenvalue weighted by molar-refractivity contribution is -0.121. The van der Waals surface area contributed by atoms with E-state index in [0.29, 0.717) is 13.0 Å². The monoisotopic (exact) mass is 368 g/mol. The first-order chi connectivity index (χ1) is 12.2. The lowest BCUT2D eigenvalue weighted by atomic mass is 10.1. The number of rotatable bonds is 7. The zero-order chi connectivity index (χ0) is 17.5. The molecule has 0 bridgehead atoms. The summed E-state index contributed by atoms with van der Waals surface area (Å²) in [5.41, 5.74) is 3.30. The molecule has 0 aliphatic heterocycles. The van der Waals surface area contributed by atoms with Gasteiger partial charge in [0.25, 0.3) is 0 Å². The van der Waals surface area contributed by atoms with Gasteiger partial charge in [0.05, 0.1) is 0 Å². The van der Waals surface area contributed by atoms with E-state index in [0.717, 1.165) is 17.5 Å². The van der Waals surface area contributed by atoms with Crippen LogP contribution in [0.15, 0.2) is 65.1 Å². The average Bonchev–Trinajstić information content (AvgIpc) is 3.20. The molecule has 128 valence electrons. The summed E-state index contributed by atoms with van der Waals surface area (Å²) in [5.74, 6) is 0.0652. The van der Waals surface area contributed by atoms with Crippen molar-refractivity contribution < 1.29 is 4.79 Å². The molecule has 2 aromatic heterocycles. The van der Waals surface area contributed by atoms with Crippen molar-refractivity contribution in [2.75, 3.05) is 6.26 Å². The Balaban J connectivity index is 1.49. The van der Waals surface area contributed by atoms with E-state index in [9.17, 15) is 4.79 Å². The van der Waals surface area contributed by atoms with Crippen LogP contribution in [0.5, 0.6) is 0 Å². The Morgan fingerprint density at radius 3 is 2.72 bits per heavy atom. The second kappa shape index (κ2) is 8.83. The molecule has 0 aliphatic carbocycles. The fraction of sp³-hybridized carbons (Fsp3) is 0.200. The number of carbonyl (C=O) groups is 1. The van der Waals surface area contributed by atoms with Gasteiger partial charge in [0.1, 0.15) is 0 Å². The van der Waals surface area contributed by atoms with Crippen LogP contribution in [0.25, 0.3) is 10.4 Å². The van der Waals surface area contributed by atoms with Crippen LogP contribution >= 0.6 is 23.1 Å². The molecule has 2 heterocycles. The molecule has 3 aromatic rings. The van der Waals surface area contributed by atoms with E-state index in [1.165, 1.54) is 15.3 Å². The van der Waals surface area contributed by atoms with Crippen LogP contribution in [0, 0.1) is 0 Å². The third kappa shape index (κ3) is 5.18. The van der Waals surface area contributed by atoms with Crippen LogP contribution in [0.3, 0.4) is 0 Å². The molecule has 1 aromatic carbocycles. The van der Waals surface area contributed by atoms with Crippen molar-refractivity contribution >= 4 is 29.0 Å². The number of hydrogen-bond donors (Lipinski definition) is 1. The summed E-state index contributed by atoms with van der Waals surface area (Å²) >= 11 is 3.41. The maximum Gasteiger partial charge on any atom is 0.220 e. The summed E-state index contributed by atoms with van der Waals surface area (Å²) in [6.07, 6.45) is 6.98. The summed E-state index contributed by atoms with van der Waals surface area (Å²) in [6.45, 7) is 0.510. The lowest BCUT2D eigenvalue weighted by Gasteiger charge is -2.07.